The van der Waals surface area contributed by atoms with Crippen molar-refractivity contribution in [2.45, 2.75) is 27.2 Å². The zero-order valence-corrected chi connectivity index (χ0v) is 13.4. The summed E-state index contributed by atoms with van der Waals surface area (Å²) in [4.78, 5) is 11.5. The van der Waals surface area contributed by atoms with Gasteiger partial charge in [-0.1, -0.05) is 19.9 Å². The molecule has 0 heterocycles. The Kier molecular flexibility index (Phi) is 7.43. The van der Waals surface area contributed by atoms with Crippen molar-refractivity contribution < 1.29 is 14.3 Å². The molecule has 2 N–H and O–H groups in total. The lowest BCUT2D eigenvalue weighted by atomic mass is 10.1. The lowest BCUT2D eigenvalue weighted by Gasteiger charge is -2.12. The van der Waals surface area contributed by atoms with Gasteiger partial charge in [0.15, 0.2) is 11.5 Å². The maximum atomic E-state index is 11.5. The van der Waals surface area contributed by atoms with Crippen LogP contribution in [0.15, 0.2) is 18.2 Å². The van der Waals surface area contributed by atoms with E-state index in [-0.39, 0.29) is 6.03 Å². The van der Waals surface area contributed by atoms with Crippen molar-refractivity contribution in [2.75, 3.05) is 26.8 Å². The number of rotatable bonds is 8. The summed E-state index contributed by atoms with van der Waals surface area (Å²) in [5.41, 5.74) is 1.10. The summed E-state index contributed by atoms with van der Waals surface area (Å²) in [6.45, 7) is 7.93. The molecule has 2 amide bonds. The molecule has 0 bridgehead atoms. The van der Waals surface area contributed by atoms with Gasteiger partial charge in [-0.25, -0.2) is 4.79 Å². The van der Waals surface area contributed by atoms with Gasteiger partial charge >= 0.3 is 6.03 Å². The van der Waals surface area contributed by atoms with Gasteiger partial charge in [-0.05, 0) is 37.0 Å². The third-order valence-corrected chi connectivity index (χ3v) is 2.90. The number of methoxy groups -OCH3 is 1. The molecule has 0 atom stereocenters. The Morgan fingerprint density at radius 1 is 1.24 bits per heavy atom. The largest absolute Gasteiger partial charge is 0.493 e. The first kappa shape index (κ1) is 17.1. The van der Waals surface area contributed by atoms with E-state index in [0.717, 1.165) is 23.5 Å². The zero-order chi connectivity index (χ0) is 15.7. The van der Waals surface area contributed by atoms with Crippen LogP contribution in [0.25, 0.3) is 0 Å². The molecule has 0 radical (unpaired) electrons. The Labute approximate surface area is 127 Å². The number of carbonyl (C=O) groups is 1. The van der Waals surface area contributed by atoms with Gasteiger partial charge in [0, 0.05) is 13.1 Å². The molecule has 5 heteroatoms. The minimum atomic E-state index is -0.124. The fourth-order valence-corrected chi connectivity index (χ4v) is 1.82. The van der Waals surface area contributed by atoms with E-state index >= 15 is 0 Å². The second-order valence-corrected chi connectivity index (χ2v) is 5.20. The second-order valence-electron chi connectivity index (χ2n) is 5.20. The Balaban J connectivity index is 2.43. The molecule has 1 aromatic carbocycles. The first-order valence-corrected chi connectivity index (χ1v) is 7.38. The molecule has 0 saturated heterocycles. The van der Waals surface area contributed by atoms with E-state index in [4.69, 9.17) is 9.47 Å². The van der Waals surface area contributed by atoms with Crippen LogP contribution in [0.5, 0.6) is 11.5 Å². The highest BCUT2D eigenvalue weighted by Crippen LogP contribution is 2.28. The molecular weight excluding hydrogens is 268 g/mol. The standard InChI is InChI=1S/C16H26N2O3/c1-5-21-14-7-6-13(10-15(14)20-4)8-9-17-16(19)18-11-12(2)3/h6-7,10,12H,5,8-9,11H2,1-4H3,(H2,17,18,19). The van der Waals surface area contributed by atoms with Crippen molar-refractivity contribution in [3.05, 3.63) is 23.8 Å². The SMILES string of the molecule is CCOc1ccc(CCNC(=O)NCC(C)C)cc1OC. The first-order chi connectivity index (χ1) is 10.1. The maximum Gasteiger partial charge on any atom is 0.314 e. The van der Waals surface area contributed by atoms with Gasteiger partial charge < -0.3 is 20.1 Å². The highest BCUT2D eigenvalue weighted by molar-refractivity contribution is 5.73. The topological polar surface area (TPSA) is 59.6 Å². The van der Waals surface area contributed by atoms with Crippen LogP contribution in [0, 0.1) is 5.92 Å². The van der Waals surface area contributed by atoms with Gasteiger partial charge in [0.1, 0.15) is 0 Å². The first-order valence-electron chi connectivity index (χ1n) is 7.38. The molecule has 0 unspecified atom stereocenters. The molecule has 118 valence electrons. The van der Waals surface area contributed by atoms with Crippen LogP contribution in [0.1, 0.15) is 26.3 Å². The van der Waals surface area contributed by atoms with Crippen LogP contribution >= 0.6 is 0 Å². The van der Waals surface area contributed by atoms with Crippen LogP contribution in [0.4, 0.5) is 4.79 Å². The second kappa shape index (κ2) is 9.10. The molecule has 1 rings (SSSR count). The average Bonchev–Trinajstić information content (AvgIpc) is 2.46. The molecular formula is C16H26N2O3. The maximum absolute atomic E-state index is 11.5. The normalized spacial score (nSPS) is 10.3. The Bertz CT molecular complexity index is 447. The summed E-state index contributed by atoms with van der Waals surface area (Å²) in [6, 6.07) is 5.71. The van der Waals surface area contributed by atoms with Gasteiger partial charge in [0.05, 0.1) is 13.7 Å². The van der Waals surface area contributed by atoms with Crippen molar-refractivity contribution in [2.24, 2.45) is 5.92 Å². The Morgan fingerprint density at radius 2 is 2.00 bits per heavy atom. The zero-order valence-electron chi connectivity index (χ0n) is 13.4. The van der Waals surface area contributed by atoms with E-state index in [9.17, 15) is 4.79 Å². The molecule has 21 heavy (non-hydrogen) atoms. The molecule has 0 aromatic heterocycles. The van der Waals surface area contributed by atoms with Gasteiger partial charge in [-0.3, -0.25) is 0 Å². The van der Waals surface area contributed by atoms with Gasteiger partial charge in [0.2, 0.25) is 0 Å². The number of carbonyl (C=O) groups excluding carboxylic acids is 1. The van der Waals surface area contributed by atoms with Crippen LogP contribution in [0.3, 0.4) is 0 Å². The molecule has 0 spiro atoms. The number of amides is 2. The van der Waals surface area contributed by atoms with E-state index < -0.39 is 0 Å². The molecule has 0 fully saturated rings. The summed E-state index contributed by atoms with van der Waals surface area (Å²) in [7, 11) is 1.62. The molecule has 0 aliphatic carbocycles. The fourth-order valence-electron chi connectivity index (χ4n) is 1.82. The summed E-state index contributed by atoms with van der Waals surface area (Å²) in [6.07, 6.45) is 0.748. The number of nitrogens with one attached hydrogen (secondary N) is 2. The van der Waals surface area contributed by atoms with Crippen molar-refractivity contribution in [3.8, 4) is 11.5 Å². The lowest BCUT2D eigenvalue weighted by Crippen LogP contribution is -2.38. The molecule has 1 aromatic rings. The summed E-state index contributed by atoms with van der Waals surface area (Å²) >= 11 is 0. The van der Waals surface area contributed by atoms with Gasteiger partial charge in [-0.2, -0.15) is 0 Å². The average molecular weight is 294 g/mol. The third-order valence-electron chi connectivity index (χ3n) is 2.90. The van der Waals surface area contributed by atoms with Crippen molar-refractivity contribution in [3.63, 3.8) is 0 Å². The third kappa shape index (κ3) is 6.38. The summed E-state index contributed by atoms with van der Waals surface area (Å²) in [5.74, 6) is 1.91. The minimum absolute atomic E-state index is 0.124. The van der Waals surface area contributed by atoms with Crippen LogP contribution < -0.4 is 20.1 Å². The Hall–Kier alpha value is -1.91. The van der Waals surface area contributed by atoms with Crippen molar-refractivity contribution in [1.29, 1.82) is 0 Å². The Morgan fingerprint density at radius 3 is 2.62 bits per heavy atom. The van der Waals surface area contributed by atoms with Gasteiger partial charge in [-0.15, -0.1) is 0 Å². The van der Waals surface area contributed by atoms with E-state index in [1.54, 1.807) is 7.11 Å². The molecule has 0 saturated carbocycles. The molecule has 0 aliphatic rings. The van der Waals surface area contributed by atoms with E-state index in [1.165, 1.54) is 0 Å². The fraction of sp³-hybridized carbons (Fsp3) is 0.562. The van der Waals surface area contributed by atoms with E-state index in [2.05, 4.69) is 24.5 Å². The van der Waals surface area contributed by atoms with Crippen LogP contribution in [-0.2, 0) is 6.42 Å². The predicted octanol–water partition coefficient (Wildman–Crippen LogP) is 2.59. The summed E-state index contributed by atoms with van der Waals surface area (Å²) in [5, 5.41) is 5.66. The minimum Gasteiger partial charge on any atom is -0.493 e. The predicted molar refractivity (Wildman–Crippen MR) is 84.1 cm³/mol. The number of urea groups is 1. The summed E-state index contributed by atoms with van der Waals surface area (Å²) < 4.78 is 10.8. The van der Waals surface area contributed by atoms with Crippen molar-refractivity contribution >= 4 is 6.03 Å². The van der Waals surface area contributed by atoms with Gasteiger partial charge in [0.25, 0.3) is 0 Å². The highest BCUT2D eigenvalue weighted by Gasteiger charge is 2.06. The van der Waals surface area contributed by atoms with E-state index in [0.29, 0.717) is 25.6 Å². The number of benzene rings is 1. The van der Waals surface area contributed by atoms with Crippen LogP contribution in [-0.4, -0.2) is 32.8 Å². The quantitative estimate of drug-likeness (QED) is 0.775. The number of hydrogen-bond donors (Lipinski definition) is 2. The smallest absolute Gasteiger partial charge is 0.314 e. The van der Waals surface area contributed by atoms with Crippen molar-refractivity contribution in [1.82, 2.24) is 10.6 Å². The monoisotopic (exact) mass is 294 g/mol. The van der Waals surface area contributed by atoms with E-state index in [1.807, 2.05) is 25.1 Å². The number of hydrogen-bond acceptors (Lipinski definition) is 3. The molecule has 5 nitrogen and oxygen atoms in total. The van der Waals surface area contributed by atoms with Crippen LogP contribution in [0.2, 0.25) is 0 Å². The molecule has 0 aliphatic heterocycles. The lowest BCUT2D eigenvalue weighted by molar-refractivity contribution is 0.239. The highest BCUT2D eigenvalue weighted by atomic mass is 16.5. The number of ether oxygens (including phenoxy) is 2.